The molecule has 5 heteroatoms. The Morgan fingerprint density at radius 3 is 2.32 bits per heavy atom. The van der Waals surface area contributed by atoms with Gasteiger partial charge in [0.05, 0.1) is 0 Å². The Hall–Kier alpha value is -2.82. The van der Waals surface area contributed by atoms with E-state index in [1.165, 1.54) is 0 Å². The molecule has 1 amide bonds. The second-order valence-corrected chi connectivity index (χ2v) is 6.25. The van der Waals surface area contributed by atoms with Gasteiger partial charge in [-0.1, -0.05) is 50.2 Å². The summed E-state index contributed by atoms with van der Waals surface area (Å²) >= 11 is 0. The molecule has 0 unspecified atom stereocenters. The first kappa shape index (κ1) is 18.5. The van der Waals surface area contributed by atoms with Crippen LogP contribution in [0.15, 0.2) is 54.6 Å². The van der Waals surface area contributed by atoms with Gasteiger partial charge in [0.15, 0.2) is 0 Å². The molecule has 2 N–H and O–H groups in total. The molecule has 0 aliphatic rings. The van der Waals surface area contributed by atoms with Crippen molar-refractivity contribution in [3.63, 3.8) is 0 Å². The molecule has 0 bridgehead atoms. The predicted octanol–water partition coefficient (Wildman–Crippen LogP) is 3.49. The molecule has 0 aliphatic carbocycles. The predicted molar refractivity (Wildman–Crippen MR) is 95.6 cm³/mol. The lowest BCUT2D eigenvalue weighted by atomic mass is 10.0. The van der Waals surface area contributed by atoms with Gasteiger partial charge in [-0.3, -0.25) is 4.79 Å². The van der Waals surface area contributed by atoms with Crippen molar-refractivity contribution in [1.82, 2.24) is 5.32 Å². The number of carboxylic acids is 1. The number of carbonyl (C=O) groups excluding carboxylic acids is 1. The number of ether oxygens (including phenoxy) is 1. The van der Waals surface area contributed by atoms with Crippen molar-refractivity contribution in [3.8, 4) is 5.75 Å². The van der Waals surface area contributed by atoms with Gasteiger partial charge in [-0.2, -0.15) is 0 Å². The van der Waals surface area contributed by atoms with E-state index in [0.717, 1.165) is 0 Å². The summed E-state index contributed by atoms with van der Waals surface area (Å²) in [6, 6.07) is 15.5. The SMILES string of the molecule is CC(C)C[C@@H](NC(=O)c1ccccc1COc1ccccc1)C(=O)O. The van der Waals surface area contributed by atoms with Gasteiger partial charge in [0.1, 0.15) is 18.4 Å². The number of hydrogen-bond donors (Lipinski definition) is 2. The van der Waals surface area contributed by atoms with Crippen molar-refractivity contribution in [3.05, 3.63) is 65.7 Å². The van der Waals surface area contributed by atoms with Crippen LogP contribution < -0.4 is 10.1 Å². The lowest BCUT2D eigenvalue weighted by Crippen LogP contribution is -2.42. The van der Waals surface area contributed by atoms with E-state index in [9.17, 15) is 14.7 Å². The molecule has 0 saturated carbocycles. The number of nitrogens with one attached hydrogen (secondary N) is 1. The number of para-hydroxylation sites is 1. The van der Waals surface area contributed by atoms with E-state index in [4.69, 9.17) is 4.74 Å². The molecule has 2 aromatic carbocycles. The molecule has 0 aromatic heterocycles. The third-order valence-electron chi connectivity index (χ3n) is 3.71. The maximum atomic E-state index is 12.5. The molecule has 0 spiro atoms. The van der Waals surface area contributed by atoms with Gasteiger partial charge >= 0.3 is 5.97 Å². The number of carboxylic acid groups (broad SMARTS) is 1. The Bertz CT molecular complexity index is 713. The fourth-order valence-electron chi connectivity index (χ4n) is 2.47. The molecule has 1 atom stereocenters. The van der Waals surface area contributed by atoms with Crippen LogP contribution in [0.2, 0.25) is 0 Å². The zero-order chi connectivity index (χ0) is 18.2. The average molecular weight is 341 g/mol. The fraction of sp³-hybridized carbons (Fsp3) is 0.300. The molecule has 0 radical (unpaired) electrons. The lowest BCUT2D eigenvalue weighted by molar-refractivity contribution is -0.139. The topological polar surface area (TPSA) is 75.6 Å². The number of amides is 1. The number of benzene rings is 2. The number of rotatable bonds is 8. The molecule has 0 saturated heterocycles. The fourth-order valence-corrected chi connectivity index (χ4v) is 2.47. The summed E-state index contributed by atoms with van der Waals surface area (Å²) in [5.41, 5.74) is 1.13. The lowest BCUT2D eigenvalue weighted by Gasteiger charge is -2.18. The van der Waals surface area contributed by atoms with Gasteiger partial charge in [0.25, 0.3) is 5.91 Å². The van der Waals surface area contributed by atoms with E-state index in [1.807, 2.05) is 50.2 Å². The first-order valence-electron chi connectivity index (χ1n) is 8.26. The van der Waals surface area contributed by atoms with E-state index in [2.05, 4.69) is 5.32 Å². The molecule has 25 heavy (non-hydrogen) atoms. The Morgan fingerprint density at radius 2 is 1.68 bits per heavy atom. The van der Waals surface area contributed by atoms with Crippen molar-refractivity contribution in [1.29, 1.82) is 0 Å². The Balaban J connectivity index is 2.10. The molecular weight excluding hydrogens is 318 g/mol. The van der Waals surface area contributed by atoms with E-state index in [1.54, 1.807) is 18.2 Å². The third-order valence-corrected chi connectivity index (χ3v) is 3.71. The highest BCUT2D eigenvalue weighted by molar-refractivity contribution is 5.97. The quantitative estimate of drug-likeness (QED) is 0.770. The molecule has 0 fully saturated rings. The monoisotopic (exact) mass is 341 g/mol. The van der Waals surface area contributed by atoms with Crippen LogP contribution in [0.3, 0.4) is 0 Å². The molecule has 2 rings (SSSR count). The number of carbonyl (C=O) groups is 2. The van der Waals surface area contributed by atoms with Crippen LogP contribution in [0, 0.1) is 5.92 Å². The highest BCUT2D eigenvalue weighted by Crippen LogP contribution is 2.15. The number of hydrogen-bond acceptors (Lipinski definition) is 3. The van der Waals surface area contributed by atoms with Crippen molar-refractivity contribution < 1.29 is 19.4 Å². The summed E-state index contributed by atoms with van der Waals surface area (Å²) in [6.45, 7) is 4.07. The standard InChI is InChI=1S/C20H23NO4/c1-14(2)12-18(20(23)24)21-19(22)17-11-7-6-8-15(17)13-25-16-9-4-3-5-10-16/h3-11,14,18H,12-13H2,1-2H3,(H,21,22)(H,23,24)/t18-/m1/s1. The largest absolute Gasteiger partial charge is 0.489 e. The van der Waals surface area contributed by atoms with Crippen LogP contribution >= 0.6 is 0 Å². The minimum atomic E-state index is -1.03. The smallest absolute Gasteiger partial charge is 0.326 e. The van der Waals surface area contributed by atoms with Crippen LogP contribution in [0.5, 0.6) is 5.75 Å². The van der Waals surface area contributed by atoms with E-state index in [0.29, 0.717) is 23.3 Å². The second-order valence-electron chi connectivity index (χ2n) is 6.25. The Morgan fingerprint density at radius 1 is 1.04 bits per heavy atom. The highest BCUT2D eigenvalue weighted by atomic mass is 16.5. The minimum Gasteiger partial charge on any atom is -0.489 e. The molecule has 132 valence electrons. The van der Waals surface area contributed by atoms with Gasteiger partial charge in [-0.25, -0.2) is 4.79 Å². The van der Waals surface area contributed by atoms with Crippen LogP contribution in [0.4, 0.5) is 0 Å². The van der Waals surface area contributed by atoms with E-state index < -0.39 is 17.9 Å². The highest BCUT2D eigenvalue weighted by Gasteiger charge is 2.22. The van der Waals surface area contributed by atoms with Gasteiger partial charge in [-0.15, -0.1) is 0 Å². The minimum absolute atomic E-state index is 0.165. The van der Waals surface area contributed by atoms with Crippen molar-refractivity contribution in [2.24, 2.45) is 5.92 Å². The Labute approximate surface area is 147 Å². The summed E-state index contributed by atoms with van der Waals surface area (Å²) < 4.78 is 5.70. The summed E-state index contributed by atoms with van der Waals surface area (Å²) in [4.78, 5) is 23.9. The van der Waals surface area contributed by atoms with Crippen LogP contribution in [-0.2, 0) is 11.4 Å². The normalized spacial score (nSPS) is 11.8. The molecular formula is C20H23NO4. The molecule has 0 aliphatic heterocycles. The molecule has 2 aromatic rings. The van der Waals surface area contributed by atoms with Crippen molar-refractivity contribution in [2.45, 2.75) is 32.9 Å². The molecule has 5 nitrogen and oxygen atoms in total. The maximum Gasteiger partial charge on any atom is 0.326 e. The van der Waals surface area contributed by atoms with E-state index in [-0.39, 0.29) is 12.5 Å². The number of aliphatic carboxylic acids is 1. The first-order valence-corrected chi connectivity index (χ1v) is 8.26. The van der Waals surface area contributed by atoms with Crippen molar-refractivity contribution in [2.75, 3.05) is 0 Å². The second kappa shape index (κ2) is 8.87. The summed E-state index contributed by atoms with van der Waals surface area (Å²) in [5, 5.41) is 11.9. The third kappa shape index (κ3) is 5.64. The van der Waals surface area contributed by atoms with Gasteiger partial charge in [0, 0.05) is 11.1 Å². The van der Waals surface area contributed by atoms with Gasteiger partial charge < -0.3 is 15.2 Å². The summed E-state index contributed by atoms with van der Waals surface area (Å²) in [5.74, 6) is -0.556. The maximum absolute atomic E-state index is 12.5. The van der Waals surface area contributed by atoms with Crippen LogP contribution in [-0.4, -0.2) is 23.0 Å². The van der Waals surface area contributed by atoms with Gasteiger partial charge in [0.2, 0.25) is 0 Å². The van der Waals surface area contributed by atoms with E-state index >= 15 is 0 Å². The van der Waals surface area contributed by atoms with Crippen LogP contribution in [0.25, 0.3) is 0 Å². The Kier molecular flexibility index (Phi) is 6.57. The summed E-state index contributed by atoms with van der Waals surface area (Å²) in [6.07, 6.45) is 0.379. The summed E-state index contributed by atoms with van der Waals surface area (Å²) in [7, 11) is 0. The average Bonchev–Trinajstić information content (AvgIpc) is 2.60. The zero-order valence-electron chi connectivity index (χ0n) is 14.4. The zero-order valence-corrected chi connectivity index (χ0v) is 14.4. The first-order chi connectivity index (χ1) is 12.0. The van der Waals surface area contributed by atoms with Crippen molar-refractivity contribution >= 4 is 11.9 Å². The van der Waals surface area contributed by atoms with Gasteiger partial charge in [-0.05, 0) is 30.5 Å². The molecule has 0 heterocycles. The van der Waals surface area contributed by atoms with Crippen LogP contribution in [0.1, 0.15) is 36.2 Å².